The van der Waals surface area contributed by atoms with Crippen molar-refractivity contribution in [3.8, 4) is 11.5 Å². The van der Waals surface area contributed by atoms with Gasteiger partial charge >= 0.3 is 12.0 Å². The molecule has 3 aromatic carbocycles. The molecule has 0 spiro atoms. The van der Waals surface area contributed by atoms with E-state index in [1.165, 1.54) is 18.2 Å². The summed E-state index contributed by atoms with van der Waals surface area (Å²) in [6.45, 7) is -0.276. The van der Waals surface area contributed by atoms with Crippen molar-refractivity contribution in [3.05, 3.63) is 83.7 Å². The summed E-state index contributed by atoms with van der Waals surface area (Å²) in [6, 6.07) is 14.3. The van der Waals surface area contributed by atoms with Gasteiger partial charge in [-0.2, -0.15) is 4.31 Å². The maximum Gasteiger partial charge on any atom is 0.325 e. The van der Waals surface area contributed by atoms with E-state index in [1.54, 1.807) is 36.4 Å². The molecule has 2 N–H and O–H groups in total. The molecule has 11 nitrogen and oxygen atoms in total. The number of fused-ring (bicyclic) bond motifs is 2. The van der Waals surface area contributed by atoms with Gasteiger partial charge in [-0.1, -0.05) is 36.4 Å². The van der Waals surface area contributed by atoms with E-state index in [0.29, 0.717) is 41.5 Å². The van der Waals surface area contributed by atoms with Gasteiger partial charge in [0.25, 0.3) is 5.91 Å². The Kier molecular flexibility index (Phi) is 7.67. The minimum Gasteiger partial charge on any atom is -0.486 e. The average molecular weight is 570 g/mol. The zero-order valence-electron chi connectivity index (χ0n) is 21.0. The van der Waals surface area contributed by atoms with Crippen molar-refractivity contribution in [2.24, 2.45) is 0 Å². The van der Waals surface area contributed by atoms with Crippen molar-refractivity contribution in [1.82, 2.24) is 9.62 Å². The second-order valence-electron chi connectivity index (χ2n) is 8.94. The molecule has 5 rings (SSSR count). The van der Waals surface area contributed by atoms with Crippen LogP contribution in [-0.2, 0) is 37.3 Å². The summed E-state index contributed by atoms with van der Waals surface area (Å²) < 4.78 is 58.1. The zero-order valence-corrected chi connectivity index (χ0v) is 21.8. The fourth-order valence-corrected chi connectivity index (χ4v) is 6.03. The van der Waals surface area contributed by atoms with Crippen LogP contribution in [0.5, 0.6) is 11.5 Å². The first-order valence-corrected chi connectivity index (χ1v) is 13.7. The number of halogens is 1. The lowest BCUT2D eigenvalue weighted by molar-refractivity contribution is -0.152. The van der Waals surface area contributed by atoms with Gasteiger partial charge in [-0.15, -0.1) is 0 Å². The number of esters is 1. The van der Waals surface area contributed by atoms with Crippen molar-refractivity contribution < 1.29 is 41.4 Å². The number of sulfonamides is 1. The number of amides is 3. The Balaban J connectivity index is 1.24. The van der Waals surface area contributed by atoms with Gasteiger partial charge in [-0.25, -0.2) is 17.6 Å². The lowest BCUT2D eigenvalue weighted by Gasteiger charge is -2.34. The predicted molar refractivity (Wildman–Crippen MR) is 139 cm³/mol. The van der Waals surface area contributed by atoms with Crippen LogP contribution in [0.15, 0.2) is 71.6 Å². The second kappa shape index (κ2) is 11.3. The number of hydrogen-bond acceptors (Lipinski definition) is 8. The molecule has 0 fully saturated rings. The van der Waals surface area contributed by atoms with E-state index >= 15 is 0 Å². The highest BCUT2D eigenvalue weighted by molar-refractivity contribution is 7.89. The molecule has 0 radical (unpaired) electrons. The highest BCUT2D eigenvalue weighted by atomic mass is 32.2. The van der Waals surface area contributed by atoms with Crippen LogP contribution in [0.1, 0.15) is 11.1 Å². The molecular weight excluding hydrogens is 545 g/mol. The Morgan fingerprint density at radius 1 is 0.950 bits per heavy atom. The number of urea groups is 1. The van der Waals surface area contributed by atoms with Crippen LogP contribution < -0.4 is 20.1 Å². The largest absolute Gasteiger partial charge is 0.486 e. The van der Waals surface area contributed by atoms with Gasteiger partial charge in [0.2, 0.25) is 10.0 Å². The van der Waals surface area contributed by atoms with E-state index in [2.05, 4.69) is 5.32 Å². The number of benzene rings is 3. The van der Waals surface area contributed by atoms with E-state index < -0.39 is 51.3 Å². The molecule has 0 aromatic heterocycles. The van der Waals surface area contributed by atoms with Crippen LogP contribution in [0.3, 0.4) is 0 Å². The molecule has 3 aromatic rings. The number of carbonyl (C=O) groups is 3. The number of rotatable bonds is 6. The molecule has 0 aliphatic carbocycles. The molecule has 0 bridgehead atoms. The first-order chi connectivity index (χ1) is 19.2. The van der Waals surface area contributed by atoms with Gasteiger partial charge in [-0.3, -0.25) is 14.9 Å². The minimum atomic E-state index is -4.45. The van der Waals surface area contributed by atoms with Gasteiger partial charge in [0.15, 0.2) is 18.1 Å². The maximum absolute atomic E-state index is 14.5. The van der Waals surface area contributed by atoms with Gasteiger partial charge < -0.3 is 19.5 Å². The Bertz CT molecular complexity index is 1580. The van der Waals surface area contributed by atoms with E-state index in [4.69, 9.17) is 14.2 Å². The highest BCUT2D eigenvalue weighted by Crippen LogP contribution is 2.33. The van der Waals surface area contributed by atoms with E-state index in [0.717, 1.165) is 16.4 Å². The van der Waals surface area contributed by atoms with Crippen LogP contribution in [-0.4, -0.2) is 56.5 Å². The highest BCUT2D eigenvalue weighted by Gasteiger charge is 2.41. The Labute approximate surface area is 228 Å². The molecular formula is C27H24FN3O8S. The Hall–Kier alpha value is -4.49. The standard InChI is InChI=1S/C27H24FN3O8S/c28-20-7-3-4-8-24(20)40(35,36)31-15-18-6-2-1-5-17(18)13-21(31)26(33)39-16-25(32)30-27(34)29-19-9-10-22-23(14-19)38-12-11-37-22/h1-10,14,21H,11-13,15-16H2,(H2,29,30,32,34)/t21-/m0/s1. The Morgan fingerprint density at radius 3 is 2.42 bits per heavy atom. The summed E-state index contributed by atoms with van der Waals surface area (Å²) in [5.41, 5.74) is 1.70. The van der Waals surface area contributed by atoms with Gasteiger partial charge in [0, 0.05) is 24.7 Å². The summed E-state index contributed by atoms with van der Waals surface area (Å²) >= 11 is 0. The molecule has 2 aliphatic heterocycles. The number of imide groups is 1. The van der Waals surface area contributed by atoms with Crippen molar-refractivity contribution in [2.75, 3.05) is 25.1 Å². The lowest BCUT2D eigenvalue weighted by atomic mass is 9.96. The van der Waals surface area contributed by atoms with Crippen molar-refractivity contribution >= 4 is 33.6 Å². The summed E-state index contributed by atoms with van der Waals surface area (Å²) in [6.07, 6.45) is -0.0467. The third-order valence-electron chi connectivity index (χ3n) is 6.30. The average Bonchev–Trinajstić information content (AvgIpc) is 2.95. The number of nitrogens with zero attached hydrogens (tertiary/aromatic N) is 1. The molecule has 3 amide bonds. The molecule has 0 saturated heterocycles. The lowest BCUT2D eigenvalue weighted by Crippen LogP contribution is -2.50. The van der Waals surface area contributed by atoms with Gasteiger partial charge in [0.1, 0.15) is 30.0 Å². The predicted octanol–water partition coefficient (Wildman–Crippen LogP) is 2.60. The minimum absolute atomic E-state index is 0.0467. The van der Waals surface area contributed by atoms with Crippen molar-refractivity contribution in [2.45, 2.75) is 23.9 Å². The van der Waals surface area contributed by atoms with Crippen LogP contribution in [0.4, 0.5) is 14.9 Å². The van der Waals surface area contributed by atoms with Gasteiger partial charge in [0.05, 0.1) is 0 Å². The summed E-state index contributed by atoms with van der Waals surface area (Å²) in [7, 11) is -4.45. The van der Waals surface area contributed by atoms with Crippen LogP contribution in [0.2, 0.25) is 0 Å². The molecule has 0 unspecified atom stereocenters. The summed E-state index contributed by atoms with van der Waals surface area (Å²) in [4.78, 5) is 37.1. The maximum atomic E-state index is 14.5. The summed E-state index contributed by atoms with van der Waals surface area (Å²) in [5, 5.41) is 4.50. The first kappa shape index (κ1) is 27.1. The van der Waals surface area contributed by atoms with Crippen molar-refractivity contribution in [1.29, 1.82) is 0 Å². The number of hydrogen-bond donors (Lipinski definition) is 2. The second-order valence-corrected chi connectivity index (χ2v) is 10.8. The molecule has 0 saturated carbocycles. The normalized spacial score (nSPS) is 16.4. The molecule has 40 heavy (non-hydrogen) atoms. The third-order valence-corrected chi connectivity index (χ3v) is 8.19. The number of ether oxygens (including phenoxy) is 3. The van der Waals surface area contributed by atoms with E-state index in [9.17, 15) is 27.2 Å². The SMILES string of the molecule is O=C(COC(=O)[C@@H]1Cc2ccccc2CN1S(=O)(=O)c1ccccc1F)NC(=O)Nc1ccc2c(c1)OCCO2. The first-order valence-electron chi connectivity index (χ1n) is 12.2. The molecule has 208 valence electrons. The van der Waals surface area contributed by atoms with Crippen LogP contribution >= 0.6 is 0 Å². The monoisotopic (exact) mass is 569 g/mol. The molecule has 2 heterocycles. The van der Waals surface area contributed by atoms with Crippen molar-refractivity contribution in [3.63, 3.8) is 0 Å². The number of carbonyl (C=O) groups excluding carboxylic acids is 3. The van der Waals surface area contributed by atoms with Gasteiger partial charge in [-0.05, 0) is 35.4 Å². The number of anilines is 1. The molecule has 1 atom stereocenters. The van der Waals surface area contributed by atoms with E-state index in [-0.39, 0.29) is 13.0 Å². The van der Waals surface area contributed by atoms with Crippen LogP contribution in [0.25, 0.3) is 0 Å². The summed E-state index contributed by atoms with van der Waals surface area (Å²) in [5.74, 6) is -1.96. The third kappa shape index (κ3) is 5.75. The smallest absolute Gasteiger partial charge is 0.325 e. The Morgan fingerprint density at radius 2 is 1.65 bits per heavy atom. The molecule has 2 aliphatic rings. The fraction of sp³-hybridized carbons (Fsp3) is 0.222. The number of nitrogens with one attached hydrogen (secondary N) is 2. The van der Waals surface area contributed by atoms with E-state index in [1.807, 2.05) is 5.32 Å². The quantitative estimate of drug-likeness (QED) is 0.432. The fourth-order valence-electron chi connectivity index (χ4n) is 4.41. The molecule has 13 heteroatoms. The van der Waals surface area contributed by atoms with Crippen LogP contribution in [0, 0.1) is 5.82 Å². The topological polar surface area (TPSA) is 140 Å². The zero-order chi connectivity index (χ0) is 28.3.